The van der Waals surface area contributed by atoms with Crippen LogP contribution in [0.15, 0.2) is 73.9 Å². The summed E-state index contributed by atoms with van der Waals surface area (Å²) in [5.41, 5.74) is 0.393. The summed E-state index contributed by atoms with van der Waals surface area (Å²) < 4.78 is 12.4. The maximum Gasteiger partial charge on any atom is 0.283 e. The Morgan fingerprint density at radius 2 is 1.94 bits per heavy atom. The lowest BCUT2D eigenvalue weighted by molar-refractivity contribution is -0.387. The second kappa shape index (κ2) is 9.20. The van der Waals surface area contributed by atoms with Crippen molar-refractivity contribution in [3.63, 3.8) is 0 Å². The minimum absolute atomic E-state index is 0.0137. The lowest BCUT2D eigenvalue weighted by Crippen LogP contribution is -2.16. The van der Waals surface area contributed by atoms with E-state index in [0.717, 1.165) is 8.89 Å². The van der Waals surface area contributed by atoms with Crippen LogP contribution in [0.1, 0.15) is 5.56 Å². The van der Waals surface area contributed by atoms with E-state index in [9.17, 15) is 14.9 Å². The van der Waals surface area contributed by atoms with E-state index in [1.807, 2.05) is 0 Å². The molecule has 9 nitrogen and oxygen atoms in total. The third-order valence-electron chi connectivity index (χ3n) is 4.42. The highest BCUT2D eigenvalue weighted by Gasteiger charge is 2.16. The summed E-state index contributed by atoms with van der Waals surface area (Å²) in [6.45, 7) is 0. The standard InChI is InChI=1S/C21H16N4O5S2/c1-29-16-8-7-13(9-17(16)30-2)11-23-24-12-22-20-14(21(24)26)10-19(32-20)31-18-6-4-3-5-15(18)25(27)28/h3-12H,1-2H3/b23-11+. The maximum absolute atomic E-state index is 12.9. The zero-order chi connectivity index (χ0) is 22.7. The highest BCUT2D eigenvalue weighted by Crippen LogP contribution is 2.39. The third kappa shape index (κ3) is 4.34. The zero-order valence-electron chi connectivity index (χ0n) is 16.9. The monoisotopic (exact) mass is 468 g/mol. The van der Waals surface area contributed by atoms with Gasteiger partial charge in [0.15, 0.2) is 11.5 Å². The lowest BCUT2D eigenvalue weighted by Gasteiger charge is -2.07. The number of hydrogen-bond acceptors (Lipinski definition) is 9. The smallest absolute Gasteiger partial charge is 0.283 e. The molecule has 2 heterocycles. The molecule has 0 N–H and O–H groups in total. The largest absolute Gasteiger partial charge is 0.493 e. The van der Waals surface area contributed by atoms with Gasteiger partial charge < -0.3 is 9.47 Å². The van der Waals surface area contributed by atoms with Gasteiger partial charge in [-0.25, -0.2) is 4.98 Å². The van der Waals surface area contributed by atoms with Gasteiger partial charge in [0, 0.05) is 6.07 Å². The molecule has 2 aromatic carbocycles. The Bertz CT molecular complexity index is 1400. The molecule has 4 aromatic rings. The Morgan fingerprint density at radius 3 is 2.69 bits per heavy atom. The van der Waals surface area contributed by atoms with Crippen LogP contribution < -0.4 is 15.0 Å². The quantitative estimate of drug-likeness (QED) is 0.224. The second-order valence-corrected chi connectivity index (χ2v) is 8.74. The molecule has 4 rings (SSSR count). The fourth-order valence-electron chi connectivity index (χ4n) is 2.89. The number of aromatic nitrogens is 2. The molecule has 0 aliphatic carbocycles. The predicted molar refractivity (Wildman–Crippen MR) is 124 cm³/mol. The van der Waals surface area contributed by atoms with Crippen molar-refractivity contribution in [2.24, 2.45) is 5.10 Å². The van der Waals surface area contributed by atoms with Crippen molar-refractivity contribution in [1.82, 2.24) is 9.66 Å². The molecular weight excluding hydrogens is 452 g/mol. The van der Waals surface area contributed by atoms with Crippen LogP contribution in [0.25, 0.3) is 10.2 Å². The first-order chi connectivity index (χ1) is 15.5. The molecule has 2 aromatic heterocycles. The fourth-order valence-corrected chi connectivity index (χ4v) is 5.07. The summed E-state index contributed by atoms with van der Waals surface area (Å²) in [5, 5.41) is 15.9. The molecule has 0 aliphatic rings. The Labute approximate surface area is 190 Å². The Balaban J connectivity index is 1.63. The van der Waals surface area contributed by atoms with Crippen molar-refractivity contribution < 1.29 is 14.4 Å². The Morgan fingerprint density at radius 1 is 1.16 bits per heavy atom. The van der Waals surface area contributed by atoms with Gasteiger partial charge in [0.25, 0.3) is 11.2 Å². The van der Waals surface area contributed by atoms with Crippen molar-refractivity contribution in [3.8, 4) is 11.5 Å². The molecule has 0 unspecified atom stereocenters. The number of nitro benzene ring substituents is 1. The summed E-state index contributed by atoms with van der Waals surface area (Å²) in [5.74, 6) is 1.14. The minimum atomic E-state index is -0.427. The first kappa shape index (κ1) is 21.5. The van der Waals surface area contributed by atoms with E-state index < -0.39 is 4.92 Å². The molecule has 0 aliphatic heterocycles. The highest BCUT2D eigenvalue weighted by atomic mass is 32.2. The van der Waals surface area contributed by atoms with Crippen LogP contribution >= 0.6 is 23.1 Å². The number of para-hydroxylation sites is 1. The lowest BCUT2D eigenvalue weighted by atomic mass is 10.2. The van der Waals surface area contributed by atoms with E-state index in [-0.39, 0.29) is 11.2 Å². The van der Waals surface area contributed by atoms with Crippen molar-refractivity contribution in [2.75, 3.05) is 14.2 Å². The SMILES string of the molecule is COc1ccc(/C=N/n2cnc3sc(Sc4ccccc4[N+](=O)[O-])cc3c2=O)cc1OC. The van der Waals surface area contributed by atoms with Crippen LogP contribution in [0.5, 0.6) is 11.5 Å². The number of methoxy groups -OCH3 is 2. The van der Waals surface area contributed by atoms with Crippen molar-refractivity contribution in [3.05, 3.63) is 80.9 Å². The van der Waals surface area contributed by atoms with Gasteiger partial charge in [-0.15, -0.1) is 11.3 Å². The molecule has 162 valence electrons. The number of fused-ring (bicyclic) bond motifs is 1. The Hall–Kier alpha value is -3.70. The van der Waals surface area contributed by atoms with E-state index in [1.165, 1.54) is 48.8 Å². The van der Waals surface area contributed by atoms with E-state index >= 15 is 0 Å². The first-order valence-corrected chi connectivity index (χ1v) is 10.8. The molecule has 32 heavy (non-hydrogen) atoms. The van der Waals surface area contributed by atoms with Crippen LogP contribution in [-0.4, -0.2) is 35.0 Å². The molecule has 0 spiro atoms. The van der Waals surface area contributed by atoms with E-state index in [1.54, 1.807) is 49.6 Å². The Kier molecular flexibility index (Phi) is 6.19. The topological polar surface area (TPSA) is 109 Å². The van der Waals surface area contributed by atoms with Crippen LogP contribution in [0.2, 0.25) is 0 Å². The number of nitro groups is 1. The van der Waals surface area contributed by atoms with Gasteiger partial charge in [-0.05, 0) is 35.9 Å². The summed E-state index contributed by atoms with van der Waals surface area (Å²) in [7, 11) is 3.09. The molecule has 0 bridgehead atoms. The number of rotatable bonds is 7. The zero-order valence-corrected chi connectivity index (χ0v) is 18.6. The molecule has 0 saturated heterocycles. The van der Waals surface area contributed by atoms with Crippen molar-refractivity contribution >= 4 is 45.2 Å². The third-order valence-corrected chi connectivity index (χ3v) is 6.65. The predicted octanol–water partition coefficient (Wildman–Crippen LogP) is 4.42. The minimum Gasteiger partial charge on any atom is -0.493 e. The first-order valence-electron chi connectivity index (χ1n) is 9.19. The van der Waals surface area contributed by atoms with Gasteiger partial charge in [-0.2, -0.15) is 9.78 Å². The van der Waals surface area contributed by atoms with Gasteiger partial charge in [0.05, 0.1) is 39.8 Å². The van der Waals surface area contributed by atoms with E-state index in [0.29, 0.717) is 32.2 Å². The number of hydrogen-bond donors (Lipinski definition) is 0. The van der Waals surface area contributed by atoms with Gasteiger partial charge >= 0.3 is 0 Å². The second-order valence-electron chi connectivity index (χ2n) is 6.36. The summed E-state index contributed by atoms with van der Waals surface area (Å²) in [6.07, 6.45) is 2.87. The van der Waals surface area contributed by atoms with Gasteiger partial charge in [0.2, 0.25) is 0 Å². The molecular formula is C21H16N4O5S2. The highest BCUT2D eigenvalue weighted by molar-refractivity contribution is 8.01. The van der Waals surface area contributed by atoms with Crippen molar-refractivity contribution in [1.29, 1.82) is 0 Å². The summed E-state index contributed by atoms with van der Waals surface area (Å²) >= 11 is 2.52. The summed E-state index contributed by atoms with van der Waals surface area (Å²) in [6, 6.07) is 13.4. The molecule has 0 fully saturated rings. The fraction of sp³-hybridized carbons (Fsp3) is 0.0952. The average Bonchev–Trinajstić information content (AvgIpc) is 3.22. The maximum atomic E-state index is 12.9. The molecule has 0 saturated carbocycles. The molecule has 11 heteroatoms. The van der Waals surface area contributed by atoms with E-state index in [2.05, 4.69) is 10.1 Å². The summed E-state index contributed by atoms with van der Waals surface area (Å²) in [4.78, 5) is 29.0. The number of thiophene rings is 1. The molecule has 0 amide bonds. The van der Waals surface area contributed by atoms with Gasteiger partial charge in [0.1, 0.15) is 11.2 Å². The molecule has 0 radical (unpaired) electrons. The van der Waals surface area contributed by atoms with Crippen LogP contribution in [0, 0.1) is 10.1 Å². The number of ether oxygens (including phenoxy) is 2. The van der Waals surface area contributed by atoms with Crippen LogP contribution in [-0.2, 0) is 0 Å². The van der Waals surface area contributed by atoms with Crippen LogP contribution in [0.4, 0.5) is 5.69 Å². The molecule has 0 atom stereocenters. The number of benzene rings is 2. The van der Waals surface area contributed by atoms with Gasteiger partial charge in [-0.3, -0.25) is 14.9 Å². The van der Waals surface area contributed by atoms with Crippen molar-refractivity contribution in [2.45, 2.75) is 9.10 Å². The normalized spacial score (nSPS) is 11.2. The number of nitrogens with zero attached hydrogens (tertiary/aromatic N) is 4. The van der Waals surface area contributed by atoms with Gasteiger partial charge in [-0.1, -0.05) is 23.9 Å². The average molecular weight is 469 g/mol. The van der Waals surface area contributed by atoms with Crippen LogP contribution in [0.3, 0.4) is 0 Å². The van der Waals surface area contributed by atoms with E-state index in [4.69, 9.17) is 9.47 Å².